The number of hydrogen-bond donors (Lipinski definition) is 2. The van der Waals surface area contributed by atoms with Crippen LogP contribution in [0.15, 0.2) is 0 Å². The van der Waals surface area contributed by atoms with Gasteiger partial charge in [-0.05, 0) is 24.7 Å². The number of aliphatic hydroxyl groups is 1. The van der Waals surface area contributed by atoms with Gasteiger partial charge >= 0.3 is 0 Å². The lowest BCUT2D eigenvalue weighted by atomic mass is 9.88. The van der Waals surface area contributed by atoms with Gasteiger partial charge in [-0.25, -0.2) is 0 Å². The zero-order valence-electron chi connectivity index (χ0n) is 10.3. The first-order valence-electron chi connectivity index (χ1n) is 5.97. The lowest BCUT2D eigenvalue weighted by molar-refractivity contribution is 0.0998. The van der Waals surface area contributed by atoms with E-state index in [1.807, 2.05) is 0 Å². The number of rotatable bonds is 5. The van der Waals surface area contributed by atoms with Gasteiger partial charge in [0.15, 0.2) is 0 Å². The van der Waals surface area contributed by atoms with Gasteiger partial charge in [-0.3, -0.25) is 0 Å². The predicted molar refractivity (Wildman–Crippen MR) is 61.9 cm³/mol. The van der Waals surface area contributed by atoms with E-state index in [0.29, 0.717) is 6.10 Å². The van der Waals surface area contributed by atoms with E-state index in [-0.39, 0.29) is 18.1 Å². The summed E-state index contributed by atoms with van der Waals surface area (Å²) in [5.74, 6) is 0. The Hall–Kier alpha value is -0.120. The molecule has 3 heteroatoms. The molecule has 1 fully saturated rings. The molecule has 0 spiro atoms. The Balaban J connectivity index is 2.21. The van der Waals surface area contributed by atoms with E-state index in [4.69, 9.17) is 4.74 Å². The minimum Gasteiger partial charge on any atom is -0.395 e. The molecule has 2 N–H and O–H groups in total. The summed E-state index contributed by atoms with van der Waals surface area (Å²) in [7, 11) is 0. The van der Waals surface area contributed by atoms with Crippen molar-refractivity contribution in [3.63, 3.8) is 0 Å². The molecule has 1 saturated heterocycles. The van der Waals surface area contributed by atoms with Crippen molar-refractivity contribution >= 4 is 0 Å². The lowest BCUT2D eigenvalue weighted by Gasteiger charge is -2.26. The smallest absolute Gasteiger partial charge is 0.0700 e. The van der Waals surface area contributed by atoms with E-state index >= 15 is 0 Å². The van der Waals surface area contributed by atoms with Crippen LogP contribution in [0.4, 0.5) is 0 Å². The highest BCUT2D eigenvalue weighted by molar-refractivity contribution is 4.76. The van der Waals surface area contributed by atoms with Gasteiger partial charge in [-0.15, -0.1) is 0 Å². The molecule has 0 radical (unpaired) electrons. The molecule has 1 heterocycles. The molecular weight excluding hydrogens is 190 g/mol. The maximum atomic E-state index is 9.26. The highest BCUT2D eigenvalue weighted by Gasteiger charge is 2.20. The fourth-order valence-corrected chi connectivity index (χ4v) is 2.04. The quantitative estimate of drug-likeness (QED) is 0.731. The fourth-order valence-electron chi connectivity index (χ4n) is 2.04. The molecule has 1 aliphatic heterocycles. The van der Waals surface area contributed by atoms with Crippen molar-refractivity contribution < 1.29 is 9.84 Å². The van der Waals surface area contributed by atoms with Crippen molar-refractivity contribution in [3.8, 4) is 0 Å². The highest BCUT2D eigenvalue weighted by Crippen LogP contribution is 2.21. The van der Waals surface area contributed by atoms with Gasteiger partial charge in [0.2, 0.25) is 0 Å². The predicted octanol–water partition coefficient (Wildman–Crippen LogP) is 1.55. The molecule has 3 nitrogen and oxygen atoms in total. The Kier molecular flexibility index (Phi) is 5.03. The zero-order chi connectivity index (χ0) is 11.3. The molecule has 2 atom stereocenters. The third-order valence-electron chi connectivity index (χ3n) is 2.74. The summed E-state index contributed by atoms with van der Waals surface area (Å²) in [6.07, 6.45) is 3.69. The van der Waals surface area contributed by atoms with Crippen molar-refractivity contribution in [1.29, 1.82) is 0 Å². The number of ether oxygens (including phenoxy) is 1. The second-order valence-corrected chi connectivity index (χ2v) is 5.69. The summed E-state index contributed by atoms with van der Waals surface area (Å²) in [4.78, 5) is 0. The van der Waals surface area contributed by atoms with Gasteiger partial charge in [0.05, 0.1) is 12.7 Å². The number of aliphatic hydroxyl groups excluding tert-OH is 1. The molecule has 1 aliphatic rings. The maximum absolute atomic E-state index is 9.26. The van der Waals surface area contributed by atoms with Gasteiger partial charge in [-0.2, -0.15) is 0 Å². The molecule has 1 rings (SSSR count). The first-order chi connectivity index (χ1) is 7.01. The van der Waals surface area contributed by atoms with Crippen molar-refractivity contribution in [3.05, 3.63) is 0 Å². The fraction of sp³-hybridized carbons (Fsp3) is 1.00. The third-order valence-corrected chi connectivity index (χ3v) is 2.74. The third kappa shape index (κ3) is 5.50. The summed E-state index contributed by atoms with van der Waals surface area (Å²) in [5.41, 5.74) is 0.261. The normalized spacial score (nSPS) is 24.4. The summed E-state index contributed by atoms with van der Waals surface area (Å²) in [6, 6.07) is 0.203. The molecule has 2 unspecified atom stereocenters. The van der Waals surface area contributed by atoms with E-state index in [2.05, 4.69) is 26.1 Å². The molecule has 0 aromatic carbocycles. The van der Waals surface area contributed by atoms with Crippen LogP contribution in [0.5, 0.6) is 0 Å². The van der Waals surface area contributed by atoms with Gasteiger partial charge in [0.25, 0.3) is 0 Å². The lowest BCUT2D eigenvalue weighted by Crippen LogP contribution is -2.40. The van der Waals surface area contributed by atoms with Gasteiger partial charge in [0.1, 0.15) is 0 Å². The SMILES string of the molecule is CC(C)(C)CC(CO)NCC1CCCO1. The second kappa shape index (κ2) is 5.83. The topological polar surface area (TPSA) is 41.5 Å². The molecule has 0 aromatic heterocycles. The molecule has 0 saturated carbocycles. The van der Waals surface area contributed by atoms with Gasteiger partial charge in [0, 0.05) is 19.2 Å². The Labute approximate surface area is 93.2 Å². The maximum Gasteiger partial charge on any atom is 0.0700 e. The minimum absolute atomic E-state index is 0.203. The van der Waals surface area contributed by atoms with Crippen LogP contribution in [-0.4, -0.2) is 37.0 Å². The molecule has 0 amide bonds. The summed E-state index contributed by atoms with van der Waals surface area (Å²) < 4.78 is 5.53. The van der Waals surface area contributed by atoms with Crippen molar-refractivity contribution in [2.75, 3.05) is 19.8 Å². The highest BCUT2D eigenvalue weighted by atomic mass is 16.5. The van der Waals surface area contributed by atoms with Gasteiger partial charge < -0.3 is 15.2 Å². The largest absolute Gasteiger partial charge is 0.395 e. The van der Waals surface area contributed by atoms with Gasteiger partial charge in [-0.1, -0.05) is 20.8 Å². The van der Waals surface area contributed by atoms with Crippen LogP contribution in [-0.2, 0) is 4.74 Å². The van der Waals surface area contributed by atoms with Crippen LogP contribution in [0.1, 0.15) is 40.0 Å². The molecule has 0 aliphatic carbocycles. The first kappa shape index (κ1) is 12.9. The van der Waals surface area contributed by atoms with Crippen molar-refractivity contribution in [2.24, 2.45) is 5.41 Å². The molecule has 0 aromatic rings. The van der Waals surface area contributed by atoms with Crippen molar-refractivity contribution in [1.82, 2.24) is 5.32 Å². The van der Waals surface area contributed by atoms with E-state index in [0.717, 1.165) is 26.0 Å². The summed E-state index contributed by atoms with van der Waals surface area (Å²) in [5, 5.41) is 12.7. The molecule has 0 bridgehead atoms. The Morgan fingerprint density at radius 3 is 2.67 bits per heavy atom. The first-order valence-corrected chi connectivity index (χ1v) is 5.97. The van der Waals surface area contributed by atoms with Crippen LogP contribution in [0.3, 0.4) is 0 Å². The number of nitrogens with one attached hydrogen (secondary N) is 1. The van der Waals surface area contributed by atoms with Crippen LogP contribution in [0.25, 0.3) is 0 Å². The Morgan fingerprint density at radius 2 is 2.20 bits per heavy atom. The molecule has 90 valence electrons. The van der Waals surface area contributed by atoms with Crippen LogP contribution in [0.2, 0.25) is 0 Å². The molecular formula is C12H25NO2. The standard InChI is InChI=1S/C12H25NO2/c1-12(2,3)7-10(9-14)13-8-11-5-4-6-15-11/h10-11,13-14H,4-9H2,1-3H3. The van der Waals surface area contributed by atoms with E-state index < -0.39 is 0 Å². The molecule has 15 heavy (non-hydrogen) atoms. The second-order valence-electron chi connectivity index (χ2n) is 5.69. The van der Waals surface area contributed by atoms with Crippen LogP contribution >= 0.6 is 0 Å². The summed E-state index contributed by atoms with van der Waals surface area (Å²) >= 11 is 0. The Bertz CT molecular complexity index is 171. The minimum atomic E-state index is 0.203. The van der Waals surface area contributed by atoms with E-state index in [1.165, 1.54) is 6.42 Å². The zero-order valence-corrected chi connectivity index (χ0v) is 10.3. The monoisotopic (exact) mass is 215 g/mol. The van der Waals surface area contributed by atoms with Crippen LogP contribution in [0, 0.1) is 5.41 Å². The van der Waals surface area contributed by atoms with E-state index in [1.54, 1.807) is 0 Å². The summed E-state index contributed by atoms with van der Waals surface area (Å²) in [6.45, 7) is 8.58. The average molecular weight is 215 g/mol. The van der Waals surface area contributed by atoms with E-state index in [9.17, 15) is 5.11 Å². The Morgan fingerprint density at radius 1 is 1.47 bits per heavy atom. The number of hydrogen-bond acceptors (Lipinski definition) is 3. The average Bonchev–Trinajstić information content (AvgIpc) is 2.62. The van der Waals surface area contributed by atoms with Crippen LogP contribution < -0.4 is 5.32 Å². The van der Waals surface area contributed by atoms with Crippen molar-refractivity contribution in [2.45, 2.75) is 52.2 Å².